The summed E-state index contributed by atoms with van der Waals surface area (Å²) in [5, 5.41) is 0. The highest BCUT2D eigenvalue weighted by Gasteiger charge is 2.57. The molecule has 0 unspecified atom stereocenters. The van der Waals surface area contributed by atoms with E-state index in [2.05, 4.69) is 97.1 Å². The third-order valence-electron chi connectivity index (χ3n) is 13.6. The standard InChI is InChI=1S/C46H74O2/c1-8-9-10-11-12-13-14-15-16-17-18-19-20-21-22-23-44(47)48-39-30-32-45(6)38(34-39)26-27-40-42-29-28-41(46(42,7)33-31-43(40)45)37(5)25-24-36(4)35(2)3/h12-13,15-16,24-27,35-37,39,41-43H,8-11,14,17-23,28-34H2,1-7H3/t36-,37+,39-,41+,42-,43-,45-,46+/m0/s1. The third kappa shape index (κ3) is 10.1. The summed E-state index contributed by atoms with van der Waals surface area (Å²) >= 11 is 0. The van der Waals surface area contributed by atoms with Crippen LogP contribution in [0.15, 0.2) is 59.8 Å². The molecule has 0 aliphatic heterocycles. The molecule has 2 nitrogen and oxygen atoms in total. The predicted molar refractivity (Wildman–Crippen MR) is 207 cm³/mol. The molecule has 48 heavy (non-hydrogen) atoms. The maximum atomic E-state index is 12.8. The SMILES string of the molecule is CCCCCC=CCC=CCCCCCCCC(=O)O[C@H]1CC[C@@]2(C)C(=CC=C3[C@@H]4CC[C@H]([C@H](C)C=C[C@H](C)C(C)C)[C@@]4(C)CC[C@@H]32)C1. The summed E-state index contributed by atoms with van der Waals surface area (Å²) < 4.78 is 6.10. The Morgan fingerprint density at radius 2 is 1.52 bits per heavy atom. The van der Waals surface area contributed by atoms with E-state index in [9.17, 15) is 4.79 Å². The molecular formula is C46H74O2. The highest BCUT2D eigenvalue weighted by Crippen LogP contribution is 2.66. The van der Waals surface area contributed by atoms with Gasteiger partial charge in [0.15, 0.2) is 0 Å². The van der Waals surface area contributed by atoms with Crippen LogP contribution in [-0.4, -0.2) is 12.1 Å². The van der Waals surface area contributed by atoms with Gasteiger partial charge in [-0.3, -0.25) is 4.79 Å². The second-order valence-corrected chi connectivity index (χ2v) is 17.3. The maximum Gasteiger partial charge on any atom is 0.306 e. The molecule has 4 rings (SSSR count). The number of hydrogen-bond donors (Lipinski definition) is 0. The van der Waals surface area contributed by atoms with Crippen molar-refractivity contribution in [1.82, 2.24) is 0 Å². The first-order valence-corrected chi connectivity index (χ1v) is 20.7. The van der Waals surface area contributed by atoms with E-state index in [4.69, 9.17) is 4.74 Å². The second kappa shape index (κ2) is 19.0. The summed E-state index contributed by atoms with van der Waals surface area (Å²) in [5.74, 6) is 4.22. The van der Waals surface area contributed by atoms with Crippen LogP contribution in [0.2, 0.25) is 0 Å². The molecule has 4 aliphatic carbocycles. The van der Waals surface area contributed by atoms with Crippen LogP contribution in [0.5, 0.6) is 0 Å². The van der Waals surface area contributed by atoms with E-state index in [0.29, 0.717) is 35.5 Å². The normalized spacial score (nSPS) is 31.5. The zero-order valence-corrected chi connectivity index (χ0v) is 32.4. The van der Waals surface area contributed by atoms with Crippen molar-refractivity contribution in [3.63, 3.8) is 0 Å². The lowest BCUT2D eigenvalue weighted by atomic mass is 9.50. The molecular weight excluding hydrogens is 585 g/mol. The first-order valence-electron chi connectivity index (χ1n) is 20.7. The number of unbranched alkanes of at least 4 members (excludes halogenated alkanes) is 8. The Bertz CT molecular complexity index is 1150. The van der Waals surface area contributed by atoms with Crippen molar-refractivity contribution in [3.8, 4) is 0 Å². The van der Waals surface area contributed by atoms with Crippen LogP contribution in [-0.2, 0) is 9.53 Å². The number of allylic oxidation sites excluding steroid dienone is 9. The first-order chi connectivity index (χ1) is 23.1. The quantitative estimate of drug-likeness (QED) is 0.0784. The van der Waals surface area contributed by atoms with Gasteiger partial charge < -0.3 is 4.74 Å². The lowest BCUT2D eigenvalue weighted by molar-refractivity contribution is -0.151. The van der Waals surface area contributed by atoms with Gasteiger partial charge in [0.1, 0.15) is 6.10 Å². The molecule has 8 atom stereocenters. The molecule has 3 fully saturated rings. The monoisotopic (exact) mass is 659 g/mol. The van der Waals surface area contributed by atoms with Gasteiger partial charge in [-0.05, 0) is 123 Å². The van der Waals surface area contributed by atoms with E-state index in [1.807, 2.05) is 0 Å². The van der Waals surface area contributed by atoms with Crippen LogP contribution >= 0.6 is 0 Å². The predicted octanol–water partition coefficient (Wildman–Crippen LogP) is 13.7. The van der Waals surface area contributed by atoms with Crippen molar-refractivity contribution in [2.75, 3.05) is 0 Å². The number of rotatable bonds is 19. The Kier molecular flexibility index (Phi) is 15.4. The number of esters is 1. The smallest absolute Gasteiger partial charge is 0.306 e. The molecule has 0 aromatic heterocycles. The van der Waals surface area contributed by atoms with Crippen molar-refractivity contribution < 1.29 is 9.53 Å². The fourth-order valence-electron chi connectivity index (χ4n) is 10.0. The summed E-state index contributed by atoms with van der Waals surface area (Å²) in [6, 6.07) is 0. The molecule has 0 amide bonds. The Balaban J connectivity index is 1.17. The zero-order chi connectivity index (χ0) is 34.6. The number of fused-ring (bicyclic) bond motifs is 5. The van der Waals surface area contributed by atoms with Gasteiger partial charge in [0.2, 0.25) is 0 Å². The fraction of sp³-hybridized carbons (Fsp3) is 0.761. The average Bonchev–Trinajstić information content (AvgIpc) is 3.42. The summed E-state index contributed by atoms with van der Waals surface area (Å²) in [4.78, 5) is 12.8. The van der Waals surface area contributed by atoms with E-state index < -0.39 is 0 Å². The molecule has 3 saturated carbocycles. The number of carbonyl (C=O) groups is 1. The van der Waals surface area contributed by atoms with Gasteiger partial charge in [-0.2, -0.15) is 0 Å². The molecule has 0 bridgehead atoms. The first kappa shape index (κ1) is 39.0. The Morgan fingerprint density at radius 3 is 2.25 bits per heavy atom. The number of hydrogen-bond acceptors (Lipinski definition) is 2. The summed E-state index contributed by atoms with van der Waals surface area (Å²) in [5.41, 5.74) is 3.98. The Labute approximate surface area is 297 Å². The number of ether oxygens (including phenoxy) is 1. The van der Waals surface area contributed by atoms with E-state index >= 15 is 0 Å². The summed E-state index contributed by atoms with van der Waals surface area (Å²) in [7, 11) is 0. The van der Waals surface area contributed by atoms with Crippen LogP contribution < -0.4 is 0 Å². The highest BCUT2D eigenvalue weighted by molar-refractivity contribution is 5.69. The van der Waals surface area contributed by atoms with Gasteiger partial charge in [-0.1, -0.05) is 140 Å². The van der Waals surface area contributed by atoms with Gasteiger partial charge in [0.25, 0.3) is 0 Å². The van der Waals surface area contributed by atoms with Crippen molar-refractivity contribution in [2.45, 2.75) is 177 Å². The molecule has 0 saturated heterocycles. The van der Waals surface area contributed by atoms with Crippen LogP contribution in [0.1, 0.15) is 170 Å². The molecule has 270 valence electrons. The maximum absolute atomic E-state index is 12.8. The van der Waals surface area contributed by atoms with Gasteiger partial charge in [0.05, 0.1) is 0 Å². The molecule has 0 aromatic carbocycles. The van der Waals surface area contributed by atoms with Crippen molar-refractivity contribution >= 4 is 5.97 Å². The lowest BCUT2D eigenvalue weighted by Crippen LogP contribution is -2.46. The summed E-state index contributed by atoms with van der Waals surface area (Å²) in [6.07, 6.45) is 41.8. The summed E-state index contributed by atoms with van der Waals surface area (Å²) in [6.45, 7) is 17.0. The van der Waals surface area contributed by atoms with Gasteiger partial charge >= 0.3 is 5.97 Å². The molecule has 0 heterocycles. The van der Waals surface area contributed by atoms with E-state index in [1.54, 1.807) is 11.1 Å². The molecule has 0 aromatic rings. The van der Waals surface area contributed by atoms with Gasteiger partial charge in [0, 0.05) is 12.8 Å². The van der Waals surface area contributed by atoms with E-state index in [0.717, 1.165) is 50.4 Å². The van der Waals surface area contributed by atoms with Crippen LogP contribution in [0.25, 0.3) is 0 Å². The lowest BCUT2D eigenvalue weighted by Gasteiger charge is -2.55. The molecule has 0 spiro atoms. The Morgan fingerprint density at radius 1 is 0.812 bits per heavy atom. The molecule has 4 aliphatic rings. The Hall–Kier alpha value is -1.83. The minimum atomic E-state index is 0.0262. The largest absolute Gasteiger partial charge is 0.462 e. The topological polar surface area (TPSA) is 26.3 Å². The number of carbonyl (C=O) groups excluding carboxylic acids is 1. The molecule has 2 heteroatoms. The average molecular weight is 659 g/mol. The van der Waals surface area contributed by atoms with Crippen molar-refractivity contribution in [2.24, 2.45) is 46.3 Å². The van der Waals surface area contributed by atoms with Gasteiger partial charge in [-0.25, -0.2) is 0 Å². The second-order valence-electron chi connectivity index (χ2n) is 17.3. The fourth-order valence-corrected chi connectivity index (χ4v) is 10.0. The molecule has 0 radical (unpaired) electrons. The van der Waals surface area contributed by atoms with Crippen LogP contribution in [0, 0.1) is 46.3 Å². The van der Waals surface area contributed by atoms with Crippen molar-refractivity contribution in [1.29, 1.82) is 0 Å². The van der Waals surface area contributed by atoms with Crippen molar-refractivity contribution in [3.05, 3.63) is 59.8 Å². The van der Waals surface area contributed by atoms with Crippen LogP contribution in [0.3, 0.4) is 0 Å². The highest BCUT2D eigenvalue weighted by atomic mass is 16.5. The third-order valence-corrected chi connectivity index (χ3v) is 13.6. The minimum absolute atomic E-state index is 0.0262. The van der Waals surface area contributed by atoms with Crippen LogP contribution in [0.4, 0.5) is 0 Å². The van der Waals surface area contributed by atoms with E-state index in [-0.39, 0.29) is 17.5 Å². The van der Waals surface area contributed by atoms with Gasteiger partial charge in [-0.15, -0.1) is 0 Å². The molecule has 0 N–H and O–H groups in total. The minimum Gasteiger partial charge on any atom is -0.462 e. The van der Waals surface area contributed by atoms with E-state index in [1.165, 1.54) is 77.0 Å². The zero-order valence-electron chi connectivity index (χ0n) is 32.4.